The summed E-state index contributed by atoms with van der Waals surface area (Å²) in [5, 5.41) is 0. The minimum atomic E-state index is 0.150. The van der Waals surface area contributed by atoms with E-state index in [0.717, 1.165) is 36.3 Å². The average Bonchev–Trinajstić information content (AvgIpc) is 2.86. The molecule has 0 amide bonds. The number of fused-ring (bicyclic) bond motifs is 1. The van der Waals surface area contributed by atoms with Crippen LogP contribution in [0.2, 0.25) is 0 Å². The number of hydrogen-bond donors (Lipinski definition) is 0. The standard InChI is InChI=1S/C20H23N2O/c1-3-4-14-21-16(2)22(19-13-9-8-12-18(19)21)15-20(23)17-10-6-5-7-11-17/h5-13H,3-4,14-15H2,1-2H3/q+1. The number of nitrogens with zero attached hydrogens (tertiary/aromatic N) is 2. The van der Waals surface area contributed by atoms with Crippen LogP contribution >= 0.6 is 0 Å². The Balaban J connectivity index is 2.00. The Morgan fingerprint density at radius 1 is 1.04 bits per heavy atom. The molecule has 0 unspecified atom stereocenters. The number of benzene rings is 2. The van der Waals surface area contributed by atoms with Crippen molar-refractivity contribution in [2.75, 3.05) is 0 Å². The normalized spacial score (nSPS) is 11.0. The summed E-state index contributed by atoms with van der Waals surface area (Å²) in [6.07, 6.45) is 2.31. The van der Waals surface area contributed by atoms with Crippen LogP contribution < -0.4 is 4.57 Å². The molecule has 118 valence electrons. The Bertz CT molecular complexity index is 818. The maximum absolute atomic E-state index is 12.6. The highest BCUT2D eigenvalue weighted by atomic mass is 16.1. The number of Topliss-reactive ketones (excluding diaryl/α,β-unsaturated/α-hetero) is 1. The van der Waals surface area contributed by atoms with Crippen molar-refractivity contribution in [2.45, 2.75) is 39.8 Å². The first-order valence-corrected chi connectivity index (χ1v) is 8.28. The molecule has 0 spiro atoms. The van der Waals surface area contributed by atoms with Gasteiger partial charge in [0.1, 0.15) is 0 Å². The van der Waals surface area contributed by atoms with E-state index in [4.69, 9.17) is 0 Å². The van der Waals surface area contributed by atoms with E-state index in [-0.39, 0.29) is 5.78 Å². The third-order valence-corrected chi connectivity index (χ3v) is 4.38. The van der Waals surface area contributed by atoms with Gasteiger partial charge in [-0.2, -0.15) is 0 Å². The zero-order valence-electron chi connectivity index (χ0n) is 13.8. The number of aryl methyl sites for hydroxylation is 1. The number of carbonyl (C=O) groups is 1. The first kappa shape index (κ1) is 15.5. The van der Waals surface area contributed by atoms with Gasteiger partial charge in [-0.05, 0) is 18.6 Å². The minimum absolute atomic E-state index is 0.150. The van der Waals surface area contributed by atoms with Crippen LogP contribution in [0.1, 0.15) is 35.9 Å². The summed E-state index contributed by atoms with van der Waals surface area (Å²) >= 11 is 0. The molecule has 23 heavy (non-hydrogen) atoms. The summed E-state index contributed by atoms with van der Waals surface area (Å²) in [6.45, 7) is 5.69. The number of ketones is 1. The number of imidazole rings is 1. The van der Waals surface area contributed by atoms with E-state index >= 15 is 0 Å². The van der Waals surface area contributed by atoms with Crippen molar-refractivity contribution in [3.63, 3.8) is 0 Å². The lowest BCUT2D eigenvalue weighted by Gasteiger charge is -2.02. The lowest BCUT2D eigenvalue weighted by molar-refractivity contribution is -0.664. The maximum Gasteiger partial charge on any atom is 0.254 e. The second-order valence-electron chi connectivity index (χ2n) is 5.92. The third kappa shape index (κ3) is 3.04. The van der Waals surface area contributed by atoms with Crippen LogP contribution in [0.5, 0.6) is 0 Å². The van der Waals surface area contributed by atoms with E-state index in [1.807, 2.05) is 36.4 Å². The number of aromatic nitrogens is 2. The summed E-state index contributed by atoms with van der Waals surface area (Å²) in [5.74, 6) is 1.29. The van der Waals surface area contributed by atoms with E-state index < -0.39 is 0 Å². The molecule has 0 atom stereocenters. The molecule has 0 fully saturated rings. The second-order valence-corrected chi connectivity index (χ2v) is 5.92. The Morgan fingerprint density at radius 3 is 2.48 bits per heavy atom. The topological polar surface area (TPSA) is 25.9 Å². The van der Waals surface area contributed by atoms with E-state index in [9.17, 15) is 4.79 Å². The molecule has 0 radical (unpaired) electrons. The highest BCUT2D eigenvalue weighted by Crippen LogP contribution is 2.15. The first-order valence-electron chi connectivity index (χ1n) is 8.28. The molecular formula is C20H23N2O+. The lowest BCUT2D eigenvalue weighted by atomic mass is 10.1. The van der Waals surface area contributed by atoms with Crippen molar-refractivity contribution in [1.29, 1.82) is 0 Å². The van der Waals surface area contributed by atoms with E-state index in [1.165, 1.54) is 5.52 Å². The Morgan fingerprint density at radius 2 is 1.74 bits per heavy atom. The quantitative estimate of drug-likeness (QED) is 0.500. The third-order valence-electron chi connectivity index (χ3n) is 4.38. The van der Waals surface area contributed by atoms with Gasteiger partial charge in [0.15, 0.2) is 17.6 Å². The number of hydrogen-bond acceptors (Lipinski definition) is 1. The molecule has 0 aliphatic rings. The second kappa shape index (κ2) is 6.78. The Kier molecular flexibility index (Phi) is 4.56. The van der Waals surface area contributed by atoms with Gasteiger partial charge in [-0.25, -0.2) is 9.13 Å². The number of carbonyl (C=O) groups excluding carboxylic acids is 1. The SMILES string of the molecule is CCCCn1c(C)[n+](CC(=O)c2ccccc2)c2ccccc21. The van der Waals surface area contributed by atoms with Crippen LogP contribution in [0.25, 0.3) is 11.0 Å². The summed E-state index contributed by atoms with van der Waals surface area (Å²) < 4.78 is 4.47. The predicted molar refractivity (Wildman–Crippen MR) is 92.6 cm³/mol. The molecule has 3 rings (SSSR count). The van der Waals surface area contributed by atoms with Gasteiger partial charge in [0.2, 0.25) is 5.78 Å². The largest absolute Gasteiger partial charge is 0.290 e. The number of rotatable bonds is 6. The molecule has 0 aliphatic carbocycles. The zero-order valence-corrected chi connectivity index (χ0v) is 13.8. The van der Waals surface area contributed by atoms with Crippen molar-refractivity contribution in [3.05, 3.63) is 66.0 Å². The van der Waals surface area contributed by atoms with Gasteiger partial charge >= 0.3 is 0 Å². The molecule has 0 N–H and O–H groups in total. The van der Waals surface area contributed by atoms with Gasteiger partial charge in [-0.3, -0.25) is 4.79 Å². The molecule has 0 bridgehead atoms. The number of unbranched alkanes of at least 4 members (excludes halogenated alkanes) is 1. The van der Waals surface area contributed by atoms with Crippen molar-refractivity contribution in [1.82, 2.24) is 4.57 Å². The minimum Gasteiger partial charge on any atom is -0.290 e. The molecule has 3 nitrogen and oxygen atoms in total. The average molecular weight is 307 g/mol. The molecular weight excluding hydrogens is 284 g/mol. The van der Waals surface area contributed by atoms with Crippen molar-refractivity contribution >= 4 is 16.8 Å². The van der Waals surface area contributed by atoms with E-state index in [2.05, 4.69) is 41.2 Å². The zero-order chi connectivity index (χ0) is 16.2. The van der Waals surface area contributed by atoms with E-state index in [0.29, 0.717) is 6.54 Å². The van der Waals surface area contributed by atoms with Crippen molar-refractivity contribution in [3.8, 4) is 0 Å². The van der Waals surface area contributed by atoms with Crippen LogP contribution in [0.3, 0.4) is 0 Å². The van der Waals surface area contributed by atoms with Crippen LogP contribution in [0, 0.1) is 6.92 Å². The monoisotopic (exact) mass is 307 g/mol. The van der Waals surface area contributed by atoms with Crippen LogP contribution in [-0.2, 0) is 13.1 Å². The predicted octanol–water partition coefficient (Wildman–Crippen LogP) is 3.92. The molecule has 0 saturated heterocycles. The van der Waals surface area contributed by atoms with Crippen molar-refractivity contribution in [2.24, 2.45) is 0 Å². The summed E-state index contributed by atoms with van der Waals surface area (Å²) in [6, 6.07) is 17.9. The summed E-state index contributed by atoms with van der Waals surface area (Å²) in [4.78, 5) is 12.6. The highest BCUT2D eigenvalue weighted by molar-refractivity contribution is 5.95. The molecule has 1 aromatic heterocycles. The van der Waals surface area contributed by atoms with Crippen LogP contribution in [-0.4, -0.2) is 10.4 Å². The molecule has 3 heteroatoms. The summed E-state index contributed by atoms with van der Waals surface area (Å²) in [5.41, 5.74) is 3.11. The maximum atomic E-state index is 12.6. The molecule has 2 aromatic carbocycles. The van der Waals surface area contributed by atoms with Gasteiger partial charge < -0.3 is 0 Å². The van der Waals surface area contributed by atoms with Gasteiger partial charge in [0.25, 0.3) is 5.82 Å². The molecule has 0 saturated carbocycles. The van der Waals surface area contributed by atoms with Crippen LogP contribution in [0.4, 0.5) is 0 Å². The fourth-order valence-corrected chi connectivity index (χ4v) is 3.07. The van der Waals surface area contributed by atoms with Gasteiger partial charge in [0.05, 0.1) is 6.54 Å². The van der Waals surface area contributed by atoms with E-state index in [1.54, 1.807) is 0 Å². The van der Waals surface area contributed by atoms with Crippen LogP contribution in [0.15, 0.2) is 54.6 Å². The Hall–Kier alpha value is -2.42. The highest BCUT2D eigenvalue weighted by Gasteiger charge is 2.23. The van der Waals surface area contributed by atoms with Gasteiger partial charge in [-0.1, -0.05) is 55.8 Å². The molecule has 1 heterocycles. The van der Waals surface area contributed by atoms with Crippen molar-refractivity contribution < 1.29 is 9.36 Å². The number of para-hydroxylation sites is 2. The first-order chi connectivity index (χ1) is 11.2. The molecule has 3 aromatic rings. The Labute approximate surface area is 137 Å². The van der Waals surface area contributed by atoms with Gasteiger partial charge in [0, 0.05) is 12.5 Å². The summed E-state index contributed by atoms with van der Waals surface area (Å²) in [7, 11) is 0. The molecule has 0 aliphatic heterocycles. The fraction of sp³-hybridized carbons (Fsp3) is 0.300. The fourth-order valence-electron chi connectivity index (χ4n) is 3.07. The smallest absolute Gasteiger partial charge is 0.254 e. The van der Waals surface area contributed by atoms with Gasteiger partial charge in [-0.15, -0.1) is 0 Å². The lowest BCUT2D eigenvalue weighted by Crippen LogP contribution is -2.40.